The summed E-state index contributed by atoms with van der Waals surface area (Å²) in [5.74, 6) is 0.0716. The smallest absolute Gasteiger partial charge is 0.315 e. The van der Waals surface area contributed by atoms with Gasteiger partial charge in [-0.1, -0.05) is 25.5 Å². The van der Waals surface area contributed by atoms with Crippen LogP contribution >= 0.6 is 0 Å². The highest BCUT2D eigenvalue weighted by atomic mass is 16.6. The van der Waals surface area contributed by atoms with E-state index < -0.39 is 6.10 Å². The number of hydrogen-bond acceptors (Lipinski definition) is 4. The van der Waals surface area contributed by atoms with Crippen molar-refractivity contribution >= 4 is 5.97 Å². The molecule has 152 valence electrons. The van der Waals surface area contributed by atoms with Crippen molar-refractivity contribution in [2.45, 2.75) is 45.3 Å². The van der Waals surface area contributed by atoms with Crippen LogP contribution in [0.25, 0.3) is 0 Å². The molecule has 4 N–H and O–H groups in total. The van der Waals surface area contributed by atoms with E-state index in [0.717, 1.165) is 58.5 Å². The average Bonchev–Trinajstić information content (AvgIpc) is 2.95. The predicted octanol–water partition coefficient (Wildman–Crippen LogP) is -1.95. The number of carbonyl (C=O) groups is 1. The van der Waals surface area contributed by atoms with E-state index >= 15 is 0 Å². The van der Waals surface area contributed by atoms with E-state index in [2.05, 4.69) is 19.9 Å². The largest absolute Gasteiger partial charge is 0.461 e. The second-order valence-electron chi connectivity index (χ2n) is 9.48. The summed E-state index contributed by atoms with van der Waals surface area (Å²) < 4.78 is 5.79. The number of rotatable bonds is 4. The standard InChI is InChI=1S/C21H34N2O4/c1-14-4-3-5-15-12-17-18(19(25)21(14,15)2)16(20(26)27-17)13-23-8-6-22(7-9-23)10-11-24/h5,14,16-19,24-25H,3-4,6-13H2,1-2H3/p+2/t14-,16-,17-,18-,19+,21-/m1/s1. The minimum Gasteiger partial charge on any atom is -0.461 e. The third kappa shape index (κ3) is 3.24. The van der Waals surface area contributed by atoms with Crippen molar-refractivity contribution in [3.8, 4) is 0 Å². The van der Waals surface area contributed by atoms with Gasteiger partial charge in [-0.2, -0.15) is 0 Å². The van der Waals surface area contributed by atoms with Gasteiger partial charge in [0, 0.05) is 17.8 Å². The molecule has 0 aromatic heterocycles. The van der Waals surface area contributed by atoms with E-state index in [1.54, 1.807) is 0 Å². The molecule has 0 radical (unpaired) electrons. The molecule has 2 heterocycles. The number of aliphatic hydroxyl groups is 2. The molecule has 0 aromatic rings. The molecule has 0 aromatic carbocycles. The zero-order valence-electron chi connectivity index (χ0n) is 16.7. The summed E-state index contributed by atoms with van der Waals surface area (Å²) in [5, 5.41) is 20.5. The summed E-state index contributed by atoms with van der Waals surface area (Å²) in [5.41, 5.74) is 1.09. The van der Waals surface area contributed by atoms with E-state index in [0.29, 0.717) is 5.92 Å². The SMILES string of the molecule is C[C@@H]1CCC=C2C[C@H]3OC(=O)[C@H](C[NH+]4CC[NH+](CCO)CC4)[C@H]3[C@H](O)[C@@]21C. The second kappa shape index (κ2) is 7.47. The van der Waals surface area contributed by atoms with E-state index in [9.17, 15) is 9.90 Å². The molecule has 2 aliphatic heterocycles. The van der Waals surface area contributed by atoms with Gasteiger partial charge in [-0.3, -0.25) is 4.79 Å². The van der Waals surface area contributed by atoms with Crippen molar-refractivity contribution in [2.75, 3.05) is 45.9 Å². The number of piperazine rings is 1. The van der Waals surface area contributed by atoms with Crippen LogP contribution in [0.4, 0.5) is 0 Å². The first-order valence-corrected chi connectivity index (χ1v) is 10.8. The predicted molar refractivity (Wildman–Crippen MR) is 100 cm³/mol. The molecule has 6 heteroatoms. The number of fused-ring (bicyclic) bond motifs is 2. The van der Waals surface area contributed by atoms with Crippen LogP contribution < -0.4 is 9.80 Å². The second-order valence-corrected chi connectivity index (χ2v) is 9.48. The van der Waals surface area contributed by atoms with Crippen LogP contribution in [-0.2, 0) is 9.53 Å². The van der Waals surface area contributed by atoms with Gasteiger partial charge in [0.15, 0.2) is 0 Å². The Morgan fingerprint density at radius 1 is 1.26 bits per heavy atom. The summed E-state index contributed by atoms with van der Waals surface area (Å²) in [6.45, 7) is 10.4. The summed E-state index contributed by atoms with van der Waals surface area (Å²) in [6.07, 6.45) is 4.61. The average molecular weight is 381 g/mol. The lowest BCUT2D eigenvalue weighted by Crippen LogP contribution is -3.28. The molecule has 2 aliphatic carbocycles. The van der Waals surface area contributed by atoms with E-state index in [-0.39, 0.29) is 35.9 Å². The number of aliphatic hydroxyl groups excluding tert-OH is 2. The summed E-state index contributed by atoms with van der Waals surface area (Å²) in [6, 6.07) is 0. The molecule has 2 saturated heterocycles. The van der Waals surface area contributed by atoms with Gasteiger partial charge >= 0.3 is 5.97 Å². The maximum atomic E-state index is 12.7. The normalized spacial score (nSPS) is 47.0. The van der Waals surface area contributed by atoms with Gasteiger partial charge in [0.25, 0.3) is 0 Å². The van der Waals surface area contributed by atoms with Crippen LogP contribution in [0.15, 0.2) is 11.6 Å². The minimum absolute atomic E-state index is 0.0736. The molecule has 3 fully saturated rings. The number of quaternary nitrogens is 2. The van der Waals surface area contributed by atoms with Crippen molar-refractivity contribution in [3.63, 3.8) is 0 Å². The topological polar surface area (TPSA) is 75.6 Å². The van der Waals surface area contributed by atoms with E-state index in [4.69, 9.17) is 9.84 Å². The van der Waals surface area contributed by atoms with Gasteiger partial charge < -0.3 is 24.7 Å². The Hall–Kier alpha value is -0.950. The molecule has 6 nitrogen and oxygen atoms in total. The first kappa shape index (κ1) is 19.4. The van der Waals surface area contributed by atoms with E-state index in [1.807, 2.05) is 0 Å². The van der Waals surface area contributed by atoms with Crippen molar-refractivity contribution in [1.82, 2.24) is 0 Å². The molecule has 0 amide bonds. The van der Waals surface area contributed by atoms with E-state index in [1.165, 1.54) is 15.4 Å². The van der Waals surface area contributed by atoms with Crippen LogP contribution in [0.1, 0.15) is 33.1 Å². The Kier molecular flexibility index (Phi) is 5.36. The maximum absolute atomic E-state index is 12.7. The number of nitrogens with one attached hydrogen (secondary N) is 2. The Morgan fingerprint density at radius 2 is 1.96 bits per heavy atom. The maximum Gasteiger partial charge on any atom is 0.315 e. The van der Waals surface area contributed by atoms with Gasteiger partial charge in [0.1, 0.15) is 44.7 Å². The fourth-order valence-corrected chi connectivity index (χ4v) is 6.18. The van der Waals surface area contributed by atoms with Crippen molar-refractivity contribution < 1.29 is 29.5 Å². The quantitative estimate of drug-likeness (QED) is 0.338. The number of esters is 1. The zero-order chi connectivity index (χ0) is 19.2. The molecule has 6 atom stereocenters. The molecule has 0 unspecified atom stereocenters. The van der Waals surface area contributed by atoms with Gasteiger partial charge in [-0.25, -0.2) is 0 Å². The van der Waals surface area contributed by atoms with Crippen LogP contribution in [0.5, 0.6) is 0 Å². The lowest BCUT2D eigenvalue weighted by atomic mass is 9.55. The van der Waals surface area contributed by atoms with Gasteiger partial charge in [0.05, 0.1) is 19.3 Å². The highest BCUT2D eigenvalue weighted by Crippen LogP contribution is 2.55. The van der Waals surface area contributed by atoms with Crippen molar-refractivity contribution in [1.29, 1.82) is 0 Å². The van der Waals surface area contributed by atoms with Crippen LogP contribution in [-0.4, -0.2) is 74.3 Å². The Bertz CT molecular complexity index is 601. The molecule has 4 rings (SSSR count). The summed E-state index contributed by atoms with van der Waals surface area (Å²) in [7, 11) is 0. The van der Waals surface area contributed by atoms with Gasteiger partial charge in [-0.15, -0.1) is 0 Å². The van der Waals surface area contributed by atoms with Gasteiger partial charge in [-0.05, 0) is 18.8 Å². The minimum atomic E-state index is -0.505. The molecular weight excluding hydrogens is 344 g/mol. The van der Waals surface area contributed by atoms with Crippen LogP contribution in [0.2, 0.25) is 0 Å². The summed E-state index contributed by atoms with van der Waals surface area (Å²) >= 11 is 0. The molecule has 27 heavy (non-hydrogen) atoms. The molecule has 1 saturated carbocycles. The lowest BCUT2D eigenvalue weighted by Gasteiger charge is -2.51. The number of ether oxygens (including phenoxy) is 1. The monoisotopic (exact) mass is 380 g/mol. The molecule has 0 spiro atoms. The molecule has 0 bridgehead atoms. The first-order valence-electron chi connectivity index (χ1n) is 10.8. The number of carbonyl (C=O) groups excluding carboxylic acids is 1. The van der Waals surface area contributed by atoms with Crippen molar-refractivity contribution in [2.24, 2.45) is 23.2 Å². The number of allylic oxidation sites excluding steroid dienone is 1. The van der Waals surface area contributed by atoms with Crippen LogP contribution in [0, 0.1) is 23.2 Å². The molecule has 4 aliphatic rings. The lowest BCUT2D eigenvalue weighted by molar-refractivity contribution is -1.01. The number of hydrogen-bond donors (Lipinski definition) is 4. The fraction of sp³-hybridized carbons (Fsp3) is 0.857. The van der Waals surface area contributed by atoms with Crippen molar-refractivity contribution in [3.05, 3.63) is 11.6 Å². The highest BCUT2D eigenvalue weighted by Gasteiger charge is 2.60. The first-order chi connectivity index (χ1) is 12.9. The Labute approximate surface area is 162 Å². The summed E-state index contributed by atoms with van der Waals surface area (Å²) in [4.78, 5) is 15.6. The fourth-order valence-electron chi connectivity index (χ4n) is 6.18. The third-order valence-corrected chi connectivity index (χ3v) is 8.21. The zero-order valence-corrected chi connectivity index (χ0v) is 16.7. The molecular formula is C21H36N2O4+2. The Morgan fingerprint density at radius 3 is 2.67 bits per heavy atom. The highest BCUT2D eigenvalue weighted by molar-refractivity contribution is 5.76. The van der Waals surface area contributed by atoms with Crippen LogP contribution in [0.3, 0.4) is 0 Å². The van der Waals surface area contributed by atoms with Gasteiger partial charge in [0.2, 0.25) is 0 Å². The Balaban J connectivity index is 1.48. The third-order valence-electron chi connectivity index (χ3n) is 8.21.